The molecule has 0 fully saturated rings. The molecule has 6 nitrogen and oxygen atoms in total. The summed E-state index contributed by atoms with van der Waals surface area (Å²) in [6.45, 7) is -0.751. The van der Waals surface area contributed by atoms with Crippen molar-refractivity contribution in [3.63, 3.8) is 0 Å². The van der Waals surface area contributed by atoms with Crippen molar-refractivity contribution >= 4 is 10.0 Å². The summed E-state index contributed by atoms with van der Waals surface area (Å²) in [4.78, 5) is 0. The lowest BCUT2D eigenvalue weighted by Crippen LogP contribution is -2.35. The summed E-state index contributed by atoms with van der Waals surface area (Å²) in [5.41, 5.74) is 0. The van der Waals surface area contributed by atoms with Gasteiger partial charge in [-0.1, -0.05) is 0 Å². The number of rotatable bonds is 5. The van der Waals surface area contributed by atoms with Gasteiger partial charge in [-0.2, -0.15) is 5.10 Å². The highest BCUT2D eigenvalue weighted by atomic mass is 32.2. The number of aliphatic hydroxyl groups is 1. The molecule has 0 bridgehead atoms. The number of aliphatic hydroxyl groups excluding tert-OH is 1. The number of sulfonamides is 1. The van der Waals surface area contributed by atoms with E-state index in [1.807, 2.05) is 4.72 Å². The molecule has 3 N–H and O–H groups in total. The van der Waals surface area contributed by atoms with E-state index in [2.05, 4.69) is 10.2 Å². The minimum Gasteiger partial charge on any atom is -0.386 e. The van der Waals surface area contributed by atoms with Crippen molar-refractivity contribution in [1.82, 2.24) is 14.9 Å². The van der Waals surface area contributed by atoms with Crippen LogP contribution in [-0.2, 0) is 10.0 Å². The van der Waals surface area contributed by atoms with Gasteiger partial charge in [0.05, 0.1) is 6.20 Å². The Morgan fingerprint density at radius 1 is 1.60 bits per heavy atom. The zero-order chi connectivity index (χ0) is 11.5. The van der Waals surface area contributed by atoms with Crippen LogP contribution >= 0.6 is 0 Å². The van der Waals surface area contributed by atoms with Crippen LogP contribution in [0.3, 0.4) is 0 Å². The van der Waals surface area contributed by atoms with Crippen molar-refractivity contribution in [3.8, 4) is 0 Å². The van der Waals surface area contributed by atoms with Gasteiger partial charge < -0.3 is 5.11 Å². The highest BCUT2D eigenvalue weighted by molar-refractivity contribution is 7.89. The number of hydrogen-bond acceptors (Lipinski definition) is 4. The number of alkyl halides is 2. The molecule has 1 aromatic rings. The summed E-state index contributed by atoms with van der Waals surface area (Å²) in [5.74, 6) is 0. The molecule has 9 heteroatoms. The first-order chi connectivity index (χ1) is 6.93. The molecule has 15 heavy (non-hydrogen) atoms. The molecule has 0 spiro atoms. The van der Waals surface area contributed by atoms with Crippen molar-refractivity contribution in [2.24, 2.45) is 0 Å². The molecule has 0 saturated carbocycles. The molecule has 0 saturated heterocycles. The topological polar surface area (TPSA) is 95.1 Å². The fraction of sp³-hybridized carbons (Fsp3) is 0.500. The van der Waals surface area contributed by atoms with Crippen LogP contribution in [0.5, 0.6) is 0 Å². The molecular formula is C6H9F2N3O3S. The number of nitrogens with zero attached hydrogens (tertiary/aromatic N) is 1. The highest BCUT2D eigenvalue weighted by Crippen LogP contribution is 2.04. The van der Waals surface area contributed by atoms with Crippen LogP contribution in [0.2, 0.25) is 0 Å². The van der Waals surface area contributed by atoms with Crippen LogP contribution in [0, 0.1) is 0 Å². The fourth-order valence-corrected chi connectivity index (χ4v) is 1.71. The molecule has 1 aromatic heterocycles. The fourth-order valence-electron chi connectivity index (χ4n) is 0.755. The maximum atomic E-state index is 11.8. The zero-order valence-corrected chi connectivity index (χ0v) is 8.21. The summed E-state index contributed by atoms with van der Waals surface area (Å²) in [5, 5.41) is 14.0. The zero-order valence-electron chi connectivity index (χ0n) is 7.39. The predicted molar refractivity (Wildman–Crippen MR) is 45.8 cm³/mol. The molecule has 0 radical (unpaired) electrons. The molecule has 0 aromatic carbocycles. The molecule has 0 aliphatic rings. The Kier molecular flexibility index (Phi) is 3.72. The third kappa shape index (κ3) is 3.22. The minimum absolute atomic E-state index is 0.246. The Labute approximate surface area is 84.4 Å². The monoisotopic (exact) mass is 241 g/mol. The van der Waals surface area contributed by atoms with Crippen molar-refractivity contribution in [1.29, 1.82) is 0 Å². The van der Waals surface area contributed by atoms with Gasteiger partial charge in [-0.3, -0.25) is 5.10 Å². The van der Waals surface area contributed by atoms with Crippen molar-refractivity contribution < 1.29 is 22.3 Å². The Bertz CT molecular complexity index is 392. The molecule has 86 valence electrons. The van der Waals surface area contributed by atoms with Gasteiger partial charge in [-0.15, -0.1) is 0 Å². The lowest BCUT2D eigenvalue weighted by molar-refractivity contribution is -0.000458. The van der Waals surface area contributed by atoms with Crippen LogP contribution in [-0.4, -0.2) is 42.8 Å². The van der Waals surface area contributed by atoms with E-state index >= 15 is 0 Å². The minimum atomic E-state index is -3.91. The molecule has 1 heterocycles. The van der Waals surface area contributed by atoms with Crippen LogP contribution < -0.4 is 4.72 Å². The average Bonchev–Trinajstić information content (AvgIpc) is 2.67. The SMILES string of the molecule is O=S(=O)(NCC(O)C(F)F)c1ccn[nH]1. The lowest BCUT2D eigenvalue weighted by atomic mass is 10.4. The lowest BCUT2D eigenvalue weighted by Gasteiger charge is -2.09. The second-order valence-electron chi connectivity index (χ2n) is 2.67. The summed E-state index contributed by atoms with van der Waals surface area (Å²) in [6, 6.07) is 1.16. The van der Waals surface area contributed by atoms with Gasteiger partial charge in [0.2, 0.25) is 0 Å². The Morgan fingerprint density at radius 2 is 2.27 bits per heavy atom. The van der Waals surface area contributed by atoms with Crippen LogP contribution in [0.4, 0.5) is 8.78 Å². The van der Waals surface area contributed by atoms with Gasteiger partial charge in [0.1, 0.15) is 6.10 Å². The molecule has 0 aliphatic heterocycles. The maximum absolute atomic E-state index is 11.8. The molecule has 1 unspecified atom stereocenters. The van der Waals surface area contributed by atoms with Gasteiger partial charge in [0.25, 0.3) is 16.4 Å². The van der Waals surface area contributed by atoms with Gasteiger partial charge in [0.15, 0.2) is 5.03 Å². The number of hydrogen-bond donors (Lipinski definition) is 3. The molecular weight excluding hydrogens is 232 g/mol. The van der Waals surface area contributed by atoms with Crippen molar-refractivity contribution in [2.45, 2.75) is 17.6 Å². The first-order valence-electron chi connectivity index (χ1n) is 3.89. The Balaban J connectivity index is 2.59. The molecule has 0 amide bonds. The van der Waals surface area contributed by atoms with Crippen LogP contribution in [0.25, 0.3) is 0 Å². The third-order valence-electron chi connectivity index (χ3n) is 1.54. The van der Waals surface area contributed by atoms with Gasteiger partial charge in [-0.25, -0.2) is 21.9 Å². The number of nitrogens with one attached hydrogen (secondary N) is 2. The molecule has 1 rings (SSSR count). The van der Waals surface area contributed by atoms with Crippen LogP contribution in [0.1, 0.15) is 0 Å². The van der Waals surface area contributed by atoms with Gasteiger partial charge in [-0.05, 0) is 6.07 Å². The van der Waals surface area contributed by atoms with E-state index in [4.69, 9.17) is 5.11 Å². The quantitative estimate of drug-likeness (QED) is 0.636. The second kappa shape index (κ2) is 4.64. The van der Waals surface area contributed by atoms with Gasteiger partial charge in [0, 0.05) is 6.54 Å². The summed E-state index contributed by atoms with van der Waals surface area (Å²) in [6.07, 6.45) is -3.81. The predicted octanol–water partition coefficient (Wildman–Crippen LogP) is -0.686. The maximum Gasteiger partial charge on any atom is 0.265 e. The van der Waals surface area contributed by atoms with E-state index in [1.54, 1.807) is 0 Å². The summed E-state index contributed by atoms with van der Waals surface area (Å²) in [7, 11) is -3.91. The smallest absolute Gasteiger partial charge is 0.265 e. The Hall–Kier alpha value is -1.06. The molecule has 0 aliphatic carbocycles. The largest absolute Gasteiger partial charge is 0.386 e. The second-order valence-corrected chi connectivity index (χ2v) is 4.41. The normalized spacial score (nSPS) is 14.4. The molecule has 1 atom stereocenters. The van der Waals surface area contributed by atoms with Crippen molar-refractivity contribution in [3.05, 3.63) is 12.3 Å². The summed E-state index contributed by atoms with van der Waals surface area (Å²) < 4.78 is 48.1. The van der Waals surface area contributed by atoms with Crippen molar-refractivity contribution in [2.75, 3.05) is 6.54 Å². The average molecular weight is 241 g/mol. The Morgan fingerprint density at radius 3 is 2.73 bits per heavy atom. The first kappa shape index (κ1) is 12.0. The van der Waals surface area contributed by atoms with E-state index in [9.17, 15) is 17.2 Å². The number of H-pyrrole nitrogens is 1. The third-order valence-corrected chi connectivity index (χ3v) is 2.89. The number of halogens is 2. The standard InChI is InChI=1S/C6H9F2N3O3S/c7-6(8)4(12)3-10-15(13,14)5-1-2-9-11-5/h1-2,4,6,10,12H,3H2,(H,9,11). The summed E-state index contributed by atoms with van der Waals surface area (Å²) >= 11 is 0. The van der Waals surface area contributed by atoms with E-state index in [0.717, 1.165) is 6.07 Å². The van der Waals surface area contributed by atoms with E-state index in [-0.39, 0.29) is 5.03 Å². The highest BCUT2D eigenvalue weighted by Gasteiger charge is 2.21. The van der Waals surface area contributed by atoms with E-state index in [1.165, 1.54) is 6.20 Å². The number of aromatic nitrogens is 2. The number of aromatic amines is 1. The van der Waals surface area contributed by atoms with Crippen LogP contribution in [0.15, 0.2) is 17.3 Å². The van der Waals surface area contributed by atoms with Gasteiger partial charge >= 0.3 is 0 Å². The van der Waals surface area contributed by atoms with E-state index < -0.39 is 29.1 Å². The van der Waals surface area contributed by atoms with E-state index in [0.29, 0.717) is 0 Å². The first-order valence-corrected chi connectivity index (χ1v) is 5.37.